The predicted molar refractivity (Wildman–Crippen MR) is 138 cm³/mol. The van der Waals surface area contributed by atoms with Crippen LogP contribution in [0.5, 0.6) is 11.5 Å². The van der Waals surface area contributed by atoms with E-state index >= 15 is 0 Å². The van der Waals surface area contributed by atoms with Gasteiger partial charge in [0.1, 0.15) is 29.1 Å². The molecule has 2 atom stereocenters. The molecule has 1 aromatic heterocycles. The van der Waals surface area contributed by atoms with Crippen molar-refractivity contribution in [2.75, 3.05) is 6.61 Å². The highest BCUT2D eigenvalue weighted by Gasteiger charge is 2.46. The number of furan rings is 1. The first kappa shape index (κ1) is 24.7. The van der Waals surface area contributed by atoms with Crippen LogP contribution >= 0.6 is 0 Å². The Morgan fingerprint density at radius 3 is 2.65 bits per heavy atom. The molecule has 2 aliphatic heterocycles. The molecule has 3 heterocycles. The molecular weight excluding hydrogens is 470 g/mol. The van der Waals surface area contributed by atoms with Gasteiger partial charge in [0.15, 0.2) is 0 Å². The summed E-state index contributed by atoms with van der Waals surface area (Å²) < 4.78 is 17.1. The van der Waals surface area contributed by atoms with E-state index in [0.29, 0.717) is 29.9 Å². The van der Waals surface area contributed by atoms with Gasteiger partial charge in [0.25, 0.3) is 11.7 Å². The molecule has 2 aliphatic rings. The molecule has 0 bridgehead atoms. The van der Waals surface area contributed by atoms with Crippen molar-refractivity contribution in [1.82, 2.24) is 4.90 Å². The van der Waals surface area contributed by atoms with Crippen molar-refractivity contribution in [1.29, 1.82) is 0 Å². The number of amides is 1. The van der Waals surface area contributed by atoms with Gasteiger partial charge in [-0.05, 0) is 66.9 Å². The maximum Gasteiger partial charge on any atom is 0.296 e. The SMILES string of the molecule is CCCCCOc1ccc([C@H]2C(=C(O)c3ccc4c(c3)C[C@@H](C)O4)C(=O)C(=O)N2Cc2ccco2)cc1. The van der Waals surface area contributed by atoms with Gasteiger partial charge in [0.05, 0.1) is 31.0 Å². The minimum atomic E-state index is -0.775. The molecule has 3 aromatic rings. The second-order valence-electron chi connectivity index (χ2n) is 9.59. The standard InChI is InChI=1S/C30H31NO6/c1-3-4-5-14-35-23-11-8-20(9-12-23)27-26(29(33)30(34)31(27)18-24-7-6-15-36-24)28(32)21-10-13-25-22(17-21)16-19(2)37-25/h6-13,15,17,19,27,32H,3-5,14,16,18H2,1-2H3/t19-,27+/m1/s1. The average Bonchev–Trinajstić information content (AvgIpc) is 3.61. The summed E-state index contributed by atoms with van der Waals surface area (Å²) in [6.07, 6.45) is 5.49. The summed E-state index contributed by atoms with van der Waals surface area (Å²) in [6, 6.07) is 15.4. The van der Waals surface area contributed by atoms with Gasteiger partial charge < -0.3 is 23.9 Å². The van der Waals surface area contributed by atoms with E-state index in [4.69, 9.17) is 13.9 Å². The fraction of sp³-hybridized carbons (Fsp3) is 0.333. The summed E-state index contributed by atoms with van der Waals surface area (Å²) in [6.45, 7) is 4.86. The number of hydrogen-bond donors (Lipinski definition) is 1. The van der Waals surface area contributed by atoms with Crippen LogP contribution in [0, 0.1) is 0 Å². The quantitative estimate of drug-likeness (QED) is 0.173. The van der Waals surface area contributed by atoms with Crippen LogP contribution in [0.1, 0.15) is 61.6 Å². The zero-order valence-corrected chi connectivity index (χ0v) is 21.1. The number of likely N-dealkylation sites (tertiary alicyclic amines) is 1. The number of fused-ring (bicyclic) bond motifs is 1. The van der Waals surface area contributed by atoms with Crippen molar-refractivity contribution >= 4 is 17.4 Å². The zero-order valence-electron chi connectivity index (χ0n) is 21.1. The Bertz CT molecular complexity index is 1310. The smallest absolute Gasteiger partial charge is 0.296 e. The molecule has 7 nitrogen and oxygen atoms in total. The Balaban J connectivity index is 1.52. The number of rotatable bonds is 9. The Morgan fingerprint density at radius 2 is 1.92 bits per heavy atom. The van der Waals surface area contributed by atoms with Crippen molar-refractivity contribution in [3.05, 3.63) is 88.9 Å². The van der Waals surface area contributed by atoms with Crippen LogP contribution in [0.15, 0.2) is 70.9 Å². The van der Waals surface area contributed by atoms with Crippen LogP contribution in [-0.4, -0.2) is 34.4 Å². The molecule has 0 radical (unpaired) electrons. The second kappa shape index (κ2) is 10.5. The fourth-order valence-electron chi connectivity index (χ4n) is 4.97. The van der Waals surface area contributed by atoms with Crippen LogP contribution in [0.2, 0.25) is 0 Å². The van der Waals surface area contributed by atoms with Gasteiger partial charge in [-0.25, -0.2) is 0 Å². The molecule has 2 aromatic carbocycles. The topological polar surface area (TPSA) is 89.2 Å². The first-order valence-corrected chi connectivity index (χ1v) is 12.8. The average molecular weight is 502 g/mol. The fourth-order valence-corrected chi connectivity index (χ4v) is 4.97. The highest BCUT2D eigenvalue weighted by Crippen LogP contribution is 2.41. The van der Waals surface area contributed by atoms with Gasteiger partial charge in [-0.3, -0.25) is 9.59 Å². The highest BCUT2D eigenvalue weighted by atomic mass is 16.5. The lowest BCUT2D eigenvalue weighted by Gasteiger charge is -2.24. The maximum atomic E-state index is 13.3. The molecule has 0 unspecified atom stereocenters. The van der Waals surface area contributed by atoms with Crippen LogP contribution in [0.25, 0.3) is 5.76 Å². The number of aliphatic hydroxyl groups excluding tert-OH is 1. The maximum absolute atomic E-state index is 13.3. The molecule has 37 heavy (non-hydrogen) atoms. The molecule has 7 heteroatoms. The summed E-state index contributed by atoms with van der Waals surface area (Å²) in [4.78, 5) is 28.0. The third kappa shape index (κ3) is 4.99. The molecule has 1 fully saturated rings. The number of Topliss-reactive ketones (excluding diaryl/α,β-unsaturated/α-hetero) is 1. The number of carbonyl (C=O) groups excluding carboxylic acids is 2. The van der Waals surface area contributed by atoms with Gasteiger partial charge in [-0.1, -0.05) is 31.9 Å². The molecule has 1 N–H and O–H groups in total. The predicted octanol–water partition coefficient (Wildman–Crippen LogP) is 5.79. The van der Waals surface area contributed by atoms with Crippen molar-refractivity contribution in [2.45, 2.75) is 58.2 Å². The molecular formula is C30H31NO6. The summed E-state index contributed by atoms with van der Waals surface area (Å²) in [5.41, 5.74) is 2.20. The van der Waals surface area contributed by atoms with Gasteiger partial charge in [-0.15, -0.1) is 0 Å². The Labute approximate surface area is 216 Å². The van der Waals surface area contributed by atoms with E-state index in [1.54, 1.807) is 24.3 Å². The van der Waals surface area contributed by atoms with Crippen LogP contribution in [0.4, 0.5) is 0 Å². The number of carbonyl (C=O) groups is 2. The number of aliphatic hydroxyl groups is 1. The van der Waals surface area contributed by atoms with E-state index in [0.717, 1.165) is 36.3 Å². The monoisotopic (exact) mass is 501 g/mol. The van der Waals surface area contributed by atoms with Gasteiger partial charge in [-0.2, -0.15) is 0 Å². The molecule has 0 saturated carbocycles. The van der Waals surface area contributed by atoms with Crippen molar-refractivity contribution < 1.29 is 28.6 Å². The highest BCUT2D eigenvalue weighted by molar-refractivity contribution is 6.46. The van der Waals surface area contributed by atoms with E-state index in [9.17, 15) is 14.7 Å². The number of hydrogen-bond acceptors (Lipinski definition) is 6. The van der Waals surface area contributed by atoms with Gasteiger partial charge >= 0.3 is 0 Å². The molecule has 5 rings (SSSR count). The van der Waals surface area contributed by atoms with Crippen molar-refractivity contribution in [2.24, 2.45) is 0 Å². The second-order valence-corrected chi connectivity index (χ2v) is 9.59. The van der Waals surface area contributed by atoms with E-state index in [1.807, 2.05) is 37.3 Å². The van der Waals surface area contributed by atoms with E-state index in [2.05, 4.69) is 6.92 Å². The summed E-state index contributed by atoms with van der Waals surface area (Å²) in [5.74, 6) is 0.433. The van der Waals surface area contributed by atoms with E-state index < -0.39 is 17.7 Å². The first-order chi connectivity index (χ1) is 18.0. The Kier molecular flexibility index (Phi) is 7.04. The van der Waals surface area contributed by atoms with Crippen molar-refractivity contribution in [3.8, 4) is 11.5 Å². The molecule has 192 valence electrons. The lowest BCUT2D eigenvalue weighted by Crippen LogP contribution is -2.29. The number of benzene rings is 2. The lowest BCUT2D eigenvalue weighted by atomic mass is 9.94. The summed E-state index contributed by atoms with van der Waals surface area (Å²) >= 11 is 0. The molecule has 1 amide bonds. The third-order valence-corrected chi connectivity index (χ3v) is 6.83. The van der Waals surface area contributed by atoms with E-state index in [1.165, 1.54) is 11.2 Å². The summed E-state index contributed by atoms with van der Waals surface area (Å²) in [5, 5.41) is 11.4. The third-order valence-electron chi connectivity index (χ3n) is 6.83. The largest absolute Gasteiger partial charge is 0.507 e. The molecule has 1 saturated heterocycles. The van der Waals surface area contributed by atoms with Gasteiger partial charge in [0.2, 0.25) is 0 Å². The molecule has 0 spiro atoms. The number of nitrogens with zero attached hydrogens (tertiary/aromatic N) is 1. The zero-order chi connectivity index (χ0) is 25.9. The minimum absolute atomic E-state index is 0.0500. The van der Waals surface area contributed by atoms with Crippen LogP contribution in [-0.2, 0) is 22.6 Å². The summed E-state index contributed by atoms with van der Waals surface area (Å²) in [7, 11) is 0. The lowest BCUT2D eigenvalue weighted by molar-refractivity contribution is -0.140. The number of ether oxygens (including phenoxy) is 2. The molecule has 0 aliphatic carbocycles. The van der Waals surface area contributed by atoms with Crippen LogP contribution in [0.3, 0.4) is 0 Å². The van der Waals surface area contributed by atoms with Gasteiger partial charge in [0, 0.05) is 12.0 Å². The first-order valence-electron chi connectivity index (χ1n) is 12.8. The minimum Gasteiger partial charge on any atom is -0.507 e. The van der Waals surface area contributed by atoms with E-state index in [-0.39, 0.29) is 24.0 Å². The number of ketones is 1. The Hall–Kier alpha value is -4.00. The van der Waals surface area contributed by atoms with Crippen molar-refractivity contribution in [3.63, 3.8) is 0 Å². The number of unbranched alkanes of at least 4 members (excludes halogenated alkanes) is 2. The van der Waals surface area contributed by atoms with Crippen LogP contribution < -0.4 is 9.47 Å². The Morgan fingerprint density at radius 1 is 1.11 bits per heavy atom. The normalized spacial score (nSPS) is 20.2.